The molecule has 10 nitrogen and oxygen atoms in total. The standard InChI is InChI=1S/C21H27N7O3/c1-3-27-16(8-12(2)26-27)20(30)25-21-24-15-9-13(19(23)29)10-17-18(15)28(21)14(11-31-17)6-4-5-7-22/h8-10,14H,3-7,11,22H2,1-2H3,(H2,23,29)(H,24,25,30). The molecule has 1 aliphatic rings. The van der Waals surface area contributed by atoms with Crippen LogP contribution < -0.4 is 21.5 Å². The minimum Gasteiger partial charge on any atom is -0.489 e. The Balaban J connectivity index is 1.77. The van der Waals surface area contributed by atoms with Crippen LogP contribution in [0, 0.1) is 6.92 Å². The van der Waals surface area contributed by atoms with E-state index < -0.39 is 5.91 Å². The van der Waals surface area contributed by atoms with Gasteiger partial charge in [0.25, 0.3) is 5.91 Å². The number of nitrogens with two attached hydrogens (primary N) is 2. The van der Waals surface area contributed by atoms with Gasteiger partial charge in [0.05, 0.1) is 17.3 Å². The third-order valence-corrected chi connectivity index (χ3v) is 5.48. The second-order valence-corrected chi connectivity index (χ2v) is 7.70. The highest BCUT2D eigenvalue weighted by atomic mass is 16.5. The molecule has 0 saturated carbocycles. The number of carbonyl (C=O) groups excluding carboxylic acids is 2. The highest BCUT2D eigenvalue weighted by Crippen LogP contribution is 2.38. The van der Waals surface area contributed by atoms with Crippen LogP contribution in [0.3, 0.4) is 0 Å². The van der Waals surface area contributed by atoms with E-state index in [0.717, 1.165) is 30.5 Å². The lowest BCUT2D eigenvalue weighted by Crippen LogP contribution is -2.26. The van der Waals surface area contributed by atoms with Gasteiger partial charge in [-0.3, -0.25) is 19.6 Å². The Morgan fingerprint density at radius 3 is 2.81 bits per heavy atom. The molecule has 4 rings (SSSR count). The maximum absolute atomic E-state index is 13.1. The highest BCUT2D eigenvalue weighted by Gasteiger charge is 2.29. The lowest BCUT2D eigenvalue weighted by molar-refractivity contribution is 0.0995. The molecule has 2 amide bonds. The zero-order chi connectivity index (χ0) is 22.1. The van der Waals surface area contributed by atoms with Crippen molar-refractivity contribution in [2.75, 3.05) is 18.5 Å². The third-order valence-electron chi connectivity index (χ3n) is 5.48. The summed E-state index contributed by atoms with van der Waals surface area (Å²) in [5.41, 5.74) is 14.0. The van der Waals surface area contributed by atoms with E-state index in [0.29, 0.717) is 48.2 Å². The quantitative estimate of drug-likeness (QED) is 0.471. The smallest absolute Gasteiger partial charge is 0.276 e. The van der Waals surface area contributed by atoms with Crippen LogP contribution >= 0.6 is 0 Å². The Bertz CT molecular complexity index is 1150. The Kier molecular flexibility index (Phi) is 5.64. The molecule has 1 unspecified atom stereocenters. The summed E-state index contributed by atoms with van der Waals surface area (Å²) in [6.07, 6.45) is 2.65. The van der Waals surface area contributed by atoms with E-state index >= 15 is 0 Å². The number of imidazole rings is 1. The summed E-state index contributed by atoms with van der Waals surface area (Å²) < 4.78 is 9.59. The number of aromatic nitrogens is 4. The fourth-order valence-electron chi connectivity index (χ4n) is 4.02. The van der Waals surface area contributed by atoms with E-state index in [1.54, 1.807) is 22.9 Å². The number of amides is 2. The van der Waals surface area contributed by atoms with E-state index in [4.69, 9.17) is 16.2 Å². The van der Waals surface area contributed by atoms with E-state index in [2.05, 4.69) is 15.4 Å². The van der Waals surface area contributed by atoms with Crippen LogP contribution in [0.15, 0.2) is 18.2 Å². The molecule has 1 aliphatic heterocycles. The van der Waals surface area contributed by atoms with Gasteiger partial charge in [0.15, 0.2) is 0 Å². The topological polar surface area (TPSA) is 143 Å². The van der Waals surface area contributed by atoms with E-state index in [-0.39, 0.29) is 11.9 Å². The van der Waals surface area contributed by atoms with Crippen molar-refractivity contribution in [3.05, 3.63) is 35.2 Å². The van der Waals surface area contributed by atoms with Gasteiger partial charge in [-0.2, -0.15) is 5.10 Å². The minimum absolute atomic E-state index is 0.0170. The molecule has 31 heavy (non-hydrogen) atoms. The number of aryl methyl sites for hydroxylation is 2. The van der Waals surface area contributed by atoms with Gasteiger partial charge < -0.3 is 20.8 Å². The molecular formula is C21H27N7O3. The van der Waals surface area contributed by atoms with Crippen LogP contribution in [0.5, 0.6) is 5.75 Å². The summed E-state index contributed by atoms with van der Waals surface area (Å²) in [5.74, 6) is 0.0846. The van der Waals surface area contributed by atoms with E-state index in [1.807, 2.05) is 18.4 Å². The molecule has 0 radical (unpaired) electrons. The molecular weight excluding hydrogens is 398 g/mol. The summed E-state index contributed by atoms with van der Waals surface area (Å²) in [7, 11) is 0. The van der Waals surface area contributed by atoms with Crippen molar-refractivity contribution in [3.63, 3.8) is 0 Å². The molecule has 0 bridgehead atoms. The first-order valence-corrected chi connectivity index (χ1v) is 10.5. The fourth-order valence-corrected chi connectivity index (χ4v) is 4.02. The van der Waals surface area contributed by atoms with Gasteiger partial charge in [0.1, 0.15) is 23.6 Å². The largest absolute Gasteiger partial charge is 0.489 e. The molecule has 164 valence electrons. The summed E-state index contributed by atoms with van der Waals surface area (Å²) in [6, 6.07) is 4.98. The molecule has 3 heterocycles. The number of nitrogens with one attached hydrogen (secondary N) is 1. The second kappa shape index (κ2) is 8.38. The number of ether oxygens (including phenoxy) is 1. The van der Waals surface area contributed by atoms with Crippen LogP contribution in [0.25, 0.3) is 11.0 Å². The first-order valence-electron chi connectivity index (χ1n) is 10.5. The summed E-state index contributed by atoms with van der Waals surface area (Å²) in [6.45, 7) is 5.38. The average molecular weight is 425 g/mol. The highest BCUT2D eigenvalue weighted by molar-refractivity contribution is 6.04. The summed E-state index contributed by atoms with van der Waals surface area (Å²) >= 11 is 0. The van der Waals surface area contributed by atoms with Crippen molar-refractivity contribution in [2.24, 2.45) is 11.5 Å². The van der Waals surface area contributed by atoms with Crippen molar-refractivity contribution in [2.45, 2.75) is 45.7 Å². The van der Waals surface area contributed by atoms with E-state index in [9.17, 15) is 9.59 Å². The molecule has 0 saturated heterocycles. The predicted octanol–water partition coefficient (Wildman–Crippen LogP) is 1.97. The molecule has 0 spiro atoms. The van der Waals surface area contributed by atoms with Crippen LogP contribution in [-0.4, -0.2) is 44.3 Å². The van der Waals surface area contributed by atoms with Gasteiger partial charge in [-0.05, 0) is 51.4 Å². The van der Waals surface area contributed by atoms with Crippen LogP contribution in [0.2, 0.25) is 0 Å². The van der Waals surface area contributed by atoms with Gasteiger partial charge in [-0.1, -0.05) is 6.42 Å². The first kappa shape index (κ1) is 20.9. The Labute approximate surface area is 179 Å². The second-order valence-electron chi connectivity index (χ2n) is 7.70. The normalized spacial score (nSPS) is 15.1. The fraction of sp³-hybridized carbons (Fsp3) is 0.429. The zero-order valence-electron chi connectivity index (χ0n) is 17.7. The van der Waals surface area contributed by atoms with Crippen LogP contribution in [-0.2, 0) is 6.54 Å². The number of rotatable bonds is 8. The Morgan fingerprint density at radius 2 is 2.10 bits per heavy atom. The van der Waals surface area contributed by atoms with Gasteiger partial charge in [-0.25, -0.2) is 4.98 Å². The average Bonchev–Trinajstić information content (AvgIpc) is 3.30. The number of benzene rings is 1. The number of anilines is 1. The Hall–Kier alpha value is -3.40. The molecule has 1 aromatic carbocycles. The molecule has 5 N–H and O–H groups in total. The predicted molar refractivity (Wildman–Crippen MR) is 116 cm³/mol. The van der Waals surface area contributed by atoms with Gasteiger partial charge in [0, 0.05) is 12.1 Å². The van der Waals surface area contributed by atoms with Crippen LogP contribution in [0.1, 0.15) is 58.8 Å². The van der Waals surface area contributed by atoms with E-state index in [1.165, 1.54) is 0 Å². The zero-order valence-corrected chi connectivity index (χ0v) is 17.7. The maximum Gasteiger partial charge on any atom is 0.276 e. The Morgan fingerprint density at radius 1 is 1.29 bits per heavy atom. The third kappa shape index (κ3) is 3.86. The molecule has 0 aliphatic carbocycles. The number of hydrogen-bond donors (Lipinski definition) is 3. The first-order chi connectivity index (χ1) is 14.9. The molecule has 0 fully saturated rings. The van der Waals surface area contributed by atoms with Crippen molar-refractivity contribution in [3.8, 4) is 5.75 Å². The lowest BCUT2D eigenvalue weighted by atomic mass is 10.1. The van der Waals surface area contributed by atoms with Gasteiger partial charge in [-0.15, -0.1) is 0 Å². The van der Waals surface area contributed by atoms with Gasteiger partial charge >= 0.3 is 0 Å². The lowest BCUT2D eigenvalue weighted by Gasteiger charge is -2.27. The van der Waals surface area contributed by atoms with Crippen molar-refractivity contribution in [1.82, 2.24) is 19.3 Å². The maximum atomic E-state index is 13.1. The van der Waals surface area contributed by atoms with Gasteiger partial charge in [0.2, 0.25) is 11.9 Å². The SMILES string of the molecule is CCn1nc(C)cc1C(=O)Nc1nc2cc(C(N)=O)cc3c2n1C(CCCCN)CO3. The minimum atomic E-state index is -0.561. The van der Waals surface area contributed by atoms with Crippen molar-refractivity contribution < 1.29 is 14.3 Å². The number of hydrogen-bond acceptors (Lipinski definition) is 6. The summed E-state index contributed by atoms with van der Waals surface area (Å²) in [5, 5.41) is 7.28. The molecule has 3 aromatic rings. The summed E-state index contributed by atoms with van der Waals surface area (Å²) in [4.78, 5) is 29.4. The van der Waals surface area contributed by atoms with Crippen LogP contribution in [0.4, 0.5) is 5.95 Å². The van der Waals surface area contributed by atoms with Crippen molar-refractivity contribution in [1.29, 1.82) is 0 Å². The number of primary amides is 1. The van der Waals surface area contributed by atoms with Crippen molar-refractivity contribution >= 4 is 28.8 Å². The molecule has 2 aromatic heterocycles. The molecule has 1 atom stereocenters. The number of nitrogens with zero attached hydrogens (tertiary/aromatic N) is 4. The monoisotopic (exact) mass is 425 g/mol. The number of unbranched alkanes of at least 4 members (excludes halogenated alkanes) is 1. The number of carbonyl (C=O) groups is 2. The molecule has 10 heteroatoms.